The SMILES string of the molecule is COc1ccc2c(c1)CN(S)C2. The van der Waals surface area contributed by atoms with Gasteiger partial charge >= 0.3 is 0 Å². The van der Waals surface area contributed by atoms with Crippen LogP contribution in [0.5, 0.6) is 5.75 Å². The number of hydrogen-bond acceptors (Lipinski definition) is 3. The fourth-order valence-electron chi connectivity index (χ4n) is 1.48. The number of benzene rings is 1. The van der Waals surface area contributed by atoms with E-state index in [0.29, 0.717) is 0 Å². The van der Waals surface area contributed by atoms with E-state index in [9.17, 15) is 0 Å². The van der Waals surface area contributed by atoms with Gasteiger partial charge in [-0.15, -0.1) is 0 Å². The van der Waals surface area contributed by atoms with Gasteiger partial charge in [0.05, 0.1) is 7.11 Å². The van der Waals surface area contributed by atoms with Gasteiger partial charge in [0.1, 0.15) is 5.75 Å². The molecule has 0 saturated carbocycles. The van der Waals surface area contributed by atoms with Crippen LogP contribution in [-0.4, -0.2) is 11.4 Å². The molecule has 0 atom stereocenters. The first-order valence-corrected chi connectivity index (χ1v) is 4.29. The van der Waals surface area contributed by atoms with Gasteiger partial charge < -0.3 is 4.74 Å². The van der Waals surface area contributed by atoms with E-state index in [1.54, 1.807) is 7.11 Å². The first-order valence-electron chi connectivity index (χ1n) is 3.89. The molecule has 0 aliphatic carbocycles. The molecule has 64 valence electrons. The van der Waals surface area contributed by atoms with Crippen LogP contribution >= 0.6 is 12.8 Å². The Balaban J connectivity index is 2.35. The van der Waals surface area contributed by atoms with Crippen molar-refractivity contribution in [2.24, 2.45) is 0 Å². The van der Waals surface area contributed by atoms with Crippen LogP contribution in [0.3, 0.4) is 0 Å². The Labute approximate surface area is 77.7 Å². The second-order valence-corrected chi connectivity index (χ2v) is 3.52. The van der Waals surface area contributed by atoms with E-state index in [4.69, 9.17) is 4.74 Å². The molecular weight excluding hydrogens is 170 g/mol. The highest BCUT2D eigenvalue weighted by atomic mass is 32.1. The number of hydrogen-bond donors (Lipinski definition) is 1. The lowest BCUT2D eigenvalue weighted by molar-refractivity contribution is 0.414. The average molecular weight is 181 g/mol. The van der Waals surface area contributed by atoms with Crippen molar-refractivity contribution in [1.29, 1.82) is 0 Å². The quantitative estimate of drug-likeness (QED) is 0.664. The summed E-state index contributed by atoms with van der Waals surface area (Å²) < 4.78 is 7.12. The topological polar surface area (TPSA) is 12.5 Å². The Bertz CT molecular complexity index is 301. The molecule has 0 saturated heterocycles. The van der Waals surface area contributed by atoms with Crippen LogP contribution in [0.1, 0.15) is 11.1 Å². The molecule has 12 heavy (non-hydrogen) atoms. The standard InChI is InChI=1S/C9H11NOS/c1-11-9-3-2-7-5-10(12)6-8(7)4-9/h2-4,12H,5-6H2,1H3. The molecule has 0 amide bonds. The van der Waals surface area contributed by atoms with Crippen molar-refractivity contribution >= 4 is 12.8 Å². The Morgan fingerprint density at radius 1 is 1.33 bits per heavy atom. The molecule has 0 spiro atoms. The predicted octanol–water partition coefficient (Wildman–Crippen LogP) is 1.86. The summed E-state index contributed by atoms with van der Waals surface area (Å²) >= 11 is 4.29. The second kappa shape index (κ2) is 2.99. The van der Waals surface area contributed by atoms with E-state index in [1.807, 2.05) is 10.4 Å². The fourth-order valence-corrected chi connectivity index (χ4v) is 1.78. The van der Waals surface area contributed by atoms with E-state index in [0.717, 1.165) is 18.8 Å². The summed E-state index contributed by atoms with van der Waals surface area (Å²) in [6.45, 7) is 1.85. The van der Waals surface area contributed by atoms with Crippen LogP contribution in [0.4, 0.5) is 0 Å². The molecule has 0 bridgehead atoms. The minimum Gasteiger partial charge on any atom is -0.497 e. The van der Waals surface area contributed by atoms with E-state index in [1.165, 1.54) is 11.1 Å². The average Bonchev–Trinajstić information content (AvgIpc) is 2.43. The molecule has 1 aliphatic rings. The molecule has 0 aromatic heterocycles. The first kappa shape index (κ1) is 7.95. The van der Waals surface area contributed by atoms with Crippen molar-refractivity contribution < 1.29 is 4.74 Å². The fraction of sp³-hybridized carbons (Fsp3) is 0.333. The van der Waals surface area contributed by atoms with Gasteiger partial charge in [-0.05, 0) is 23.3 Å². The highest BCUT2D eigenvalue weighted by Crippen LogP contribution is 2.27. The van der Waals surface area contributed by atoms with Gasteiger partial charge in [0.15, 0.2) is 0 Å². The maximum atomic E-state index is 5.13. The molecule has 0 N–H and O–H groups in total. The number of fused-ring (bicyclic) bond motifs is 1. The number of ether oxygens (including phenoxy) is 1. The third kappa shape index (κ3) is 1.30. The van der Waals surface area contributed by atoms with Crippen molar-refractivity contribution in [1.82, 2.24) is 4.31 Å². The molecule has 0 radical (unpaired) electrons. The summed E-state index contributed by atoms with van der Waals surface area (Å²) in [5.74, 6) is 0.928. The molecule has 0 fully saturated rings. The zero-order valence-electron chi connectivity index (χ0n) is 6.95. The van der Waals surface area contributed by atoms with Crippen LogP contribution in [0.2, 0.25) is 0 Å². The third-order valence-corrected chi connectivity index (χ3v) is 2.40. The molecule has 1 aromatic rings. The minimum atomic E-state index is 0.912. The molecule has 3 heteroatoms. The van der Waals surface area contributed by atoms with Gasteiger partial charge in [0.2, 0.25) is 0 Å². The number of methoxy groups -OCH3 is 1. The molecule has 0 unspecified atom stereocenters. The first-order chi connectivity index (χ1) is 5.79. The van der Waals surface area contributed by atoms with Crippen LogP contribution < -0.4 is 4.74 Å². The molecular formula is C9H11NOS. The van der Waals surface area contributed by atoms with Crippen molar-refractivity contribution in [2.75, 3.05) is 7.11 Å². The zero-order chi connectivity index (χ0) is 8.55. The summed E-state index contributed by atoms with van der Waals surface area (Å²) in [6.07, 6.45) is 0. The van der Waals surface area contributed by atoms with Gasteiger partial charge in [0, 0.05) is 13.1 Å². The lowest BCUT2D eigenvalue weighted by atomic mass is 10.1. The van der Waals surface area contributed by atoms with Crippen LogP contribution in [0.25, 0.3) is 0 Å². The second-order valence-electron chi connectivity index (χ2n) is 2.96. The Hall–Kier alpha value is -0.670. The largest absolute Gasteiger partial charge is 0.497 e. The van der Waals surface area contributed by atoms with Gasteiger partial charge in [-0.1, -0.05) is 18.9 Å². The van der Waals surface area contributed by atoms with Crippen molar-refractivity contribution in [3.05, 3.63) is 29.3 Å². The lowest BCUT2D eigenvalue weighted by Crippen LogP contribution is -1.99. The smallest absolute Gasteiger partial charge is 0.119 e. The van der Waals surface area contributed by atoms with Crippen molar-refractivity contribution in [3.8, 4) is 5.75 Å². The van der Waals surface area contributed by atoms with Crippen LogP contribution in [0.15, 0.2) is 18.2 Å². The maximum Gasteiger partial charge on any atom is 0.119 e. The lowest BCUT2D eigenvalue weighted by Gasteiger charge is -2.01. The normalized spacial score (nSPS) is 16.2. The van der Waals surface area contributed by atoms with E-state index in [-0.39, 0.29) is 0 Å². The van der Waals surface area contributed by atoms with E-state index < -0.39 is 0 Å². The maximum absolute atomic E-state index is 5.13. The summed E-state index contributed by atoms with van der Waals surface area (Å²) in [5, 5.41) is 0. The summed E-state index contributed by atoms with van der Waals surface area (Å²) in [4.78, 5) is 0. The molecule has 1 heterocycles. The van der Waals surface area contributed by atoms with Gasteiger partial charge in [-0.3, -0.25) is 0 Å². The number of thiol groups is 1. The van der Waals surface area contributed by atoms with Gasteiger partial charge in [0.25, 0.3) is 0 Å². The zero-order valence-corrected chi connectivity index (χ0v) is 7.84. The van der Waals surface area contributed by atoms with E-state index in [2.05, 4.69) is 24.9 Å². The Kier molecular flexibility index (Phi) is 1.98. The summed E-state index contributed by atoms with van der Waals surface area (Å²) in [5.41, 5.74) is 2.68. The van der Waals surface area contributed by atoms with Crippen molar-refractivity contribution in [3.63, 3.8) is 0 Å². The molecule has 2 rings (SSSR count). The van der Waals surface area contributed by atoms with Crippen LogP contribution in [0, 0.1) is 0 Å². The van der Waals surface area contributed by atoms with Crippen molar-refractivity contribution in [2.45, 2.75) is 13.1 Å². The third-order valence-electron chi connectivity index (χ3n) is 2.12. The monoisotopic (exact) mass is 181 g/mol. The highest BCUT2D eigenvalue weighted by Gasteiger charge is 2.15. The number of rotatable bonds is 1. The predicted molar refractivity (Wildman–Crippen MR) is 51.2 cm³/mol. The minimum absolute atomic E-state index is 0.912. The molecule has 1 aliphatic heterocycles. The summed E-state index contributed by atoms with van der Waals surface area (Å²) in [6, 6.07) is 6.17. The highest BCUT2D eigenvalue weighted by molar-refractivity contribution is 7.77. The summed E-state index contributed by atoms with van der Waals surface area (Å²) in [7, 11) is 1.69. The van der Waals surface area contributed by atoms with Crippen LogP contribution in [-0.2, 0) is 13.1 Å². The Morgan fingerprint density at radius 2 is 2.08 bits per heavy atom. The number of nitrogens with zero attached hydrogens (tertiary/aromatic N) is 1. The van der Waals surface area contributed by atoms with E-state index >= 15 is 0 Å². The van der Waals surface area contributed by atoms with Gasteiger partial charge in [-0.25, -0.2) is 4.31 Å². The molecule has 1 aromatic carbocycles. The Morgan fingerprint density at radius 3 is 2.83 bits per heavy atom. The van der Waals surface area contributed by atoms with Gasteiger partial charge in [-0.2, -0.15) is 0 Å². The molecule has 2 nitrogen and oxygen atoms in total.